The summed E-state index contributed by atoms with van der Waals surface area (Å²) in [5, 5.41) is 3.03. The van der Waals surface area contributed by atoms with Gasteiger partial charge in [0.2, 0.25) is 5.91 Å². The SMILES string of the molecule is CCCC(C)(N)C(=O)NC1CCCc2cc(F)ccc21. The number of amides is 1. The molecule has 0 heterocycles. The first kappa shape index (κ1) is 15.0. The lowest BCUT2D eigenvalue weighted by atomic mass is 9.86. The Balaban J connectivity index is 2.14. The Morgan fingerprint density at radius 1 is 1.55 bits per heavy atom. The Hall–Kier alpha value is -1.42. The molecule has 1 aromatic rings. The average molecular weight is 278 g/mol. The van der Waals surface area contributed by atoms with Gasteiger partial charge in [0.15, 0.2) is 0 Å². The zero-order chi connectivity index (χ0) is 14.8. The van der Waals surface area contributed by atoms with Gasteiger partial charge < -0.3 is 11.1 Å². The normalized spacial score (nSPS) is 20.9. The summed E-state index contributed by atoms with van der Waals surface area (Å²) in [5.41, 5.74) is 7.24. The molecular weight excluding hydrogens is 255 g/mol. The zero-order valence-corrected chi connectivity index (χ0v) is 12.2. The smallest absolute Gasteiger partial charge is 0.240 e. The van der Waals surface area contributed by atoms with Crippen LogP contribution in [0.4, 0.5) is 4.39 Å². The fourth-order valence-electron chi connectivity index (χ4n) is 2.89. The molecule has 0 saturated carbocycles. The van der Waals surface area contributed by atoms with Crippen LogP contribution in [0.15, 0.2) is 18.2 Å². The first-order valence-electron chi connectivity index (χ1n) is 7.32. The van der Waals surface area contributed by atoms with Gasteiger partial charge >= 0.3 is 0 Å². The fraction of sp³-hybridized carbons (Fsp3) is 0.562. The second kappa shape index (κ2) is 5.92. The van der Waals surface area contributed by atoms with Crippen molar-refractivity contribution >= 4 is 5.91 Å². The molecular formula is C16H23FN2O. The fourth-order valence-corrected chi connectivity index (χ4v) is 2.89. The number of hydrogen-bond donors (Lipinski definition) is 2. The van der Waals surface area contributed by atoms with Crippen LogP contribution < -0.4 is 11.1 Å². The maximum Gasteiger partial charge on any atom is 0.240 e. The molecule has 1 aliphatic rings. The minimum absolute atomic E-state index is 0.0495. The molecule has 1 aromatic carbocycles. The van der Waals surface area contributed by atoms with E-state index in [1.807, 2.05) is 6.92 Å². The third-order valence-electron chi connectivity index (χ3n) is 4.01. The van der Waals surface area contributed by atoms with Gasteiger partial charge in [0, 0.05) is 0 Å². The molecule has 3 nitrogen and oxygen atoms in total. The number of aryl methyl sites for hydroxylation is 1. The van der Waals surface area contributed by atoms with E-state index in [-0.39, 0.29) is 17.8 Å². The van der Waals surface area contributed by atoms with Crippen molar-refractivity contribution in [1.82, 2.24) is 5.32 Å². The van der Waals surface area contributed by atoms with Crippen LogP contribution in [0.25, 0.3) is 0 Å². The molecule has 110 valence electrons. The van der Waals surface area contributed by atoms with Gasteiger partial charge in [-0.3, -0.25) is 4.79 Å². The molecule has 0 radical (unpaired) electrons. The Morgan fingerprint density at radius 3 is 3.00 bits per heavy atom. The van der Waals surface area contributed by atoms with Crippen molar-refractivity contribution in [2.45, 2.75) is 57.5 Å². The van der Waals surface area contributed by atoms with Gasteiger partial charge in [0.25, 0.3) is 0 Å². The molecule has 1 amide bonds. The van der Waals surface area contributed by atoms with Gasteiger partial charge in [-0.15, -0.1) is 0 Å². The third-order valence-corrected chi connectivity index (χ3v) is 4.01. The summed E-state index contributed by atoms with van der Waals surface area (Å²) < 4.78 is 13.3. The highest BCUT2D eigenvalue weighted by molar-refractivity contribution is 5.86. The highest BCUT2D eigenvalue weighted by Crippen LogP contribution is 2.30. The van der Waals surface area contributed by atoms with Crippen molar-refractivity contribution in [2.24, 2.45) is 5.73 Å². The summed E-state index contributed by atoms with van der Waals surface area (Å²) in [6.07, 6.45) is 4.23. The molecule has 0 aliphatic heterocycles. The second-order valence-corrected chi connectivity index (χ2v) is 5.93. The Morgan fingerprint density at radius 2 is 2.30 bits per heavy atom. The summed E-state index contributed by atoms with van der Waals surface area (Å²) in [6, 6.07) is 4.76. The number of benzene rings is 1. The molecule has 0 aromatic heterocycles. The summed E-state index contributed by atoms with van der Waals surface area (Å²) >= 11 is 0. The van der Waals surface area contributed by atoms with Gasteiger partial charge in [-0.05, 0) is 55.9 Å². The molecule has 4 heteroatoms. The van der Waals surface area contributed by atoms with E-state index < -0.39 is 5.54 Å². The van der Waals surface area contributed by atoms with Crippen molar-refractivity contribution in [3.8, 4) is 0 Å². The van der Waals surface area contributed by atoms with E-state index in [2.05, 4.69) is 5.32 Å². The van der Waals surface area contributed by atoms with E-state index in [1.165, 1.54) is 6.07 Å². The van der Waals surface area contributed by atoms with Gasteiger partial charge in [0.05, 0.1) is 11.6 Å². The van der Waals surface area contributed by atoms with Gasteiger partial charge in [-0.25, -0.2) is 4.39 Å². The number of halogens is 1. The molecule has 0 fully saturated rings. The molecule has 2 atom stereocenters. The van der Waals surface area contributed by atoms with E-state index in [9.17, 15) is 9.18 Å². The minimum atomic E-state index is -0.841. The molecule has 1 aliphatic carbocycles. The second-order valence-electron chi connectivity index (χ2n) is 5.93. The van der Waals surface area contributed by atoms with Crippen molar-refractivity contribution in [3.63, 3.8) is 0 Å². The number of nitrogens with one attached hydrogen (secondary N) is 1. The predicted molar refractivity (Wildman–Crippen MR) is 77.7 cm³/mol. The molecule has 3 N–H and O–H groups in total. The predicted octanol–water partition coefficient (Wildman–Crippen LogP) is 2.84. The van der Waals surface area contributed by atoms with E-state index in [4.69, 9.17) is 5.73 Å². The average Bonchev–Trinajstić information content (AvgIpc) is 2.38. The standard InChI is InChI=1S/C16H23FN2O/c1-3-9-16(2,18)15(20)19-14-6-4-5-11-10-12(17)7-8-13(11)14/h7-8,10,14H,3-6,9,18H2,1-2H3,(H,19,20). The maximum absolute atomic E-state index is 13.3. The van der Waals surface area contributed by atoms with Crippen LogP contribution in [-0.2, 0) is 11.2 Å². The lowest BCUT2D eigenvalue weighted by molar-refractivity contribution is -0.126. The van der Waals surface area contributed by atoms with Crippen molar-refractivity contribution < 1.29 is 9.18 Å². The third kappa shape index (κ3) is 3.18. The minimum Gasteiger partial charge on any atom is -0.348 e. The largest absolute Gasteiger partial charge is 0.348 e. The van der Waals surface area contributed by atoms with Crippen molar-refractivity contribution in [2.75, 3.05) is 0 Å². The Bertz CT molecular complexity index is 499. The van der Waals surface area contributed by atoms with Crippen molar-refractivity contribution in [3.05, 3.63) is 35.1 Å². The number of rotatable bonds is 4. The molecule has 20 heavy (non-hydrogen) atoms. The highest BCUT2D eigenvalue weighted by atomic mass is 19.1. The van der Waals surface area contributed by atoms with E-state index >= 15 is 0 Å². The van der Waals surface area contributed by atoms with Crippen LogP contribution in [0, 0.1) is 5.82 Å². The summed E-state index contributed by atoms with van der Waals surface area (Å²) in [6.45, 7) is 3.78. The van der Waals surface area contributed by atoms with Gasteiger partial charge in [-0.2, -0.15) is 0 Å². The highest BCUT2D eigenvalue weighted by Gasteiger charge is 2.30. The molecule has 0 saturated heterocycles. The number of nitrogens with two attached hydrogens (primary N) is 1. The summed E-state index contributed by atoms with van der Waals surface area (Å²) in [7, 11) is 0. The van der Waals surface area contributed by atoms with Gasteiger partial charge in [0.1, 0.15) is 5.82 Å². The Labute approximate surface area is 119 Å². The lowest BCUT2D eigenvalue weighted by Crippen LogP contribution is -2.52. The first-order chi connectivity index (χ1) is 9.44. The van der Waals surface area contributed by atoms with Crippen LogP contribution in [0.2, 0.25) is 0 Å². The van der Waals surface area contributed by atoms with Crippen LogP contribution in [-0.4, -0.2) is 11.4 Å². The maximum atomic E-state index is 13.3. The number of fused-ring (bicyclic) bond motifs is 1. The van der Waals surface area contributed by atoms with Crippen LogP contribution in [0.5, 0.6) is 0 Å². The number of carbonyl (C=O) groups is 1. The van der Waals surface area contributed by atoms with Crippen molar-refractivity contribution in [1.29, 1.82) is 0 Å². The quantitative estimate of drug-likeness (QED) is 0.889. The number of hydrogen-bond acceptors (Lipinski definition) is 2. The van der Waals surface area contributed by atoms with E-state index in [0.29, 0.717) is 6.42 Å². The van der Waals surface area contributed by atoms with Gasteiger partial charge in [-0.1, -0.05) is 19.4 Å². The topological polar surface area (TPSA) is 55.1 Å². The molecule has 0 spiro atoms. The summed E-state index contributed by atoms with van der Waals surface area (Å²) in [4.78, 5) is 12.3. The molecule has 0 bridgehead atoms. The monoisotopic (exact) mass is 278 g/mol. The summed E-state index contributed by atoms with van der Waals surface area (Å²) in [5.74, 6) is -0.341. The van der Waals surface area contributed by atoms with Crippen LogP contribution >= 0.6 is 0 Å². The van der Waals surface area contributed by atoms with E-state index in [0.717, 1.165) is 36.8 Å². The molecule has 2 unspecified atom stereocenters. The first-order valence-corrected chi connectivity index (χ1v) is 7.32. The molecule has 2 rings (SSSR count). The zero-order valence-electron chi connectivity index (χ0n) is 12.2. The number of carbonyl (C=O) groups excluding carboxylic acids is 1. The van der Waals surface area contributed by atoms with Crippen LogP contribution in [0.3, 0.4) is 0 Å². The Kier molecular flexibility index (Phi) is 4.43. The van der Waals surface area contributed by atoms with Crippen LogP contribution in [0.1, 0.15) is 56.7 Å². The lowest BCUT2D eigenvalue weighted by Gasteiger charge is -2.30. The van der Waals surface area contributed by atoms with E-state index in [1.54, 1.807) is 19.1 Å².